The summed E-state index contributed by atoms with van der Waals surface area (Å²) in [6.45, 7) is 5.00. The topological polar surface area (TPSA) is 24.9 Å². The predicted octanol–water partition coefficient (Wildman–Crippen LogP) is 4.77. The molecular formula is C15H17ClN2S. The lowest BCUT2D eigenvalue weighted by Gasteiger charge is -2.07. The first kappa shape index (κ1) is 14.2. The molecule has 100 valence electrons. The van der Waals surface area contributed by atoms with E-state index in [0.29, 0.717) is 0 Å². The second kappa shape index (κ2) is 6.83. The third-order valence-corrected chi connectivity index (χ3v) is 4.04. The van der Waals surface area contributed by atoms with Crippen molar-refractivity contribution in [2.75, 3.05) is 11.9 Å². The molecule has 2 rings (SSSR count). The van der Waals surface area contributed by atoms with Crippen molar-refractivity contribution in [3.05, 3.63) is 52.7 Å². The Morgan fingerprint density at radius 3 is 2.58 bits per heavy atom. The number of nitrogens with zero attached hydrogens (tertiary/aromatic N) is 1. The molecule has 0 saturated carbocycles. The molecule has 0 spiro atoms. The molecule has 1 N–H and O–H groups in total. The van der Waals surface area contributed by atoms with Gasteiger partial charge < -0.3 is 5.32 Å². The molecule has 1 aromatic carbocycles. The van der Waals surface area contributed by atoms with Crippen LogP contribution in [0.25, 0.3) is 0 Å². The van der Waals surface area contributed by atoms with Crippen LogP contribution in [0.15, 0.2) is 41.3 Å². The number of hydrogen-bond donors (Lipinski definition) is 1. The van der Waals surface area contributed by atoms with Crippen molar-refractivity contribution < 1.29 is 0 Å². The van der Waals surface area contributed by atoms with Crippen molar-refractivity contribution in [2.45, 2.75) is 24.5 Å². The number of rotatable bonds is 5. The third-order valence-electron chi connectivity index (χ3n) is 2.67. The molecule has 0 atom stereocenters. The van der Waals surface area contributed by atoms with Crippen LogP contribution in [-0.4, -0.2) is 11.5 Å². The number of benzene rings is 1. The highest BCUT2D eigenvalue weighted by atomic mass is 35.5. The fourth-order valence-electron chi connectivity index (χ4n) is 1.65. The van der Waals surface area contributed by atoms with Crippen LogP contribution in [0, 0.1) is 6.92 Å². The Balaban J connectivity index is 2.05. The molecule has 0 aliphatic heterocycles. The van der Waals surface area contributed by atoms with E-state index in [1.54, 1.807) is 11.8 Å². The maximum absolute atomic E-state index is 6.18. The van der Waals surface area contributed by atoms with Gasteiger partial charge in [-0.15, -0.1) is 11.8 Å². The Kier molecular flexibility index (Phi) is 5.11. The minimum absolute atomic E-state index is 0.723. The van der Waals surface area contributed by atoms with E-state index >= 15 is 0 Å². The second-order valence-corrected chi connectivity index (χ2v) is 5.71. The fraction of sp³-hybridized carbons (Fsp3) is 0.267. The second-order valence-electron chi connectivity index (χ2n) is 4.26. The third kappa shape index (κ3) is 4.15. The molecule has 0 aliphatic rings. The quantitative estimate of drug-likeness (QED) is 0.804. The van der Waals surface area contributed by atoms with Gasteiger partial charge in [0.05, 0.1) is 10.7 Å². The molecule has 4 heteroatoms. The zero-order chi connectivity index (χ0) is 13.7. The maximum atomic E-state index is 6.18. The molecule has 19 heavy (non-hydrogen) atoms. The standard InChI is InChI=1S/C15H17ClN2S/c1-3-17-15-9-8-13(16)14(18-15)10-19-12-6-4-11(2)5-7-12/h4-9H,3,10H2,1-2H3,(H,17,18). The van der Waals surface area contributed by atoms with Crippen molar-refractivity contribution in [1.82, 2.24) is 4.98 Å². The van der Waals surface area contributed by atoms with Crippen molar-refractivity contribution in [3.8, 4) is 0 Å². The van der Waals surface area contributed by atoms with Gasteiger partial charge in [0.2, 0.25) is 0 Å². The van der Waals surface area contributed by atoms with Crippen molar-refractivity contribution in [1.29, 1.82) is 0 Å². The van der Waals surface area contributed by atoms with Gasteiger partial charge >= 0.3 is 0 Å². The maximum Gasteiger partial charge on any atom is 0.126 e. The molecule has 0 bridgehead atoms. The molecule has 0 amide bonds. The average Bonchev–Trinajstić information content (AvgIpc) is 2.41. The minimum Gasteiger partial charge on any atom is -0.370 e. The summed E-state index contributed by atoms with van der Waals surface area (Å²) in [7, 11) is 0. The highest BCUT2D eigenvalue weighted by Gasteiger charge is 2.05. The largest absolute Gasteiger partial charge is 0.370 e. The van der Waals surface area contributed by atoms with Crippen molar-refractivity contribution >= 4 is 29.2 Å². The lowest BCUT2D eigenvalue weighted by molar-refractivity contribution is 1.11. The van der Waals surface area contributed by atoms with E-state index in [1.807, 2.05) is 12.1 Å². The molecule has 2 nitrogen and oxygen atoms in total. The first-order valence-corrected chi connectivity index (χ1v) is 7.64. The summed E-state index contributed by atoms with van der Waals surface area (Å²) < 4.78 is 0. The summed E-state index contributed by atoms with van der Waals surface area (Å²) in [5.74, 6) is 1.66. The van der Waals surface area contributed by atoms with E-state index < -0.39 is 0 Å². The number of halogens is 1. The van der Waals surface area contributed by atoms with Gasteiger partial charge in [0, 0.05) is 17.2 Å². The number of hydrogen-bond acceptors (Lipinski definition) is 3. The van der Waals surface area contributed by atoms with Crippen LogP contribution in [0.3, 0.4) is 0 Å². The smallest absolute Gasteiger partial charge is 0.126 e. The summed E-state index contributed by atoms with van der Waals surface area (Å²) in [5.41, 5.74) is 2.19. The van der Waals surface area contributed by atoms with Crippen LogP contribution in [0.2, 0.25) is 5.02 Å². The highest BCUT2D eigenvalue weighted by molar-refractivity contribution is 7.98. The molecule has 0 aliphatic carbocycles. The lowest BCUT2D eigenvalue weighted by Crippen LogP contribution is -2.01. The number of nitrogens with one attached hydrogen (secondary N) is 1. The van der Waals surface area contributed by atoms with Gasteiger partial charge in [-0.1, -0.05) is 29.3 Å². The SMILES string of the molecule is CCNc1ccc(Cl)c(CSc2ccc(C)cc2)n1. The van der Waals surface area contributed by atoms with E-state index in [4.69, 9.17) is 11.6 Å². The van der Waals surface area contributed by atoms with E-state index in [1.165, 1.54) is 10.5 Å². The normalized spacial score (nSPS) is 10.5. The van der Waals surface area contributed by atoms with Crippen LogP contribution >= 0.6 is 23.4 Å². The zero-order valence-corrected chi connectivity index (χ0v) is 12.7. The first-order chi connectivity index (χ1) is 9.19. The van der Waals surface area contributed by atoms with Gasteiger partial charge in [-0.25, -0.2) is 4.98 Å². The molecule has 0 saturated heterocycles. The molecule has 1 aromatic heterocycles. The summed E-state index contributed by atoms with van der Waals surface area (Å²) >= 11 is 7.93. The van der Waals surface area contributed by atoms with Crippen LogP contribution in [0.5, 0.6) is 0 Å². The summed E-state index contributed by atoms with van der Waals surface area (Å²) in [5, 5.41) is 3.93. The van der Waals surface area contributed by atoms with E-state index in [2.05, 4.69) is 48.4 Å². The summed E-state index contributed by atoms with van der Waals surface area (Å²) in [4.78, 5) is 5.76. The number of thioether (sulfide) groups is 1. The molecule has 0 fully saturated rings. The van der Waals surface area contributed by atoms with Crippen LogP contribution in [-0.2, 0) is 5.75 Å². The summed E-state index contributed by atoms with van der Waals surface area (Å²) in [6, 6.07) is 12.3. The van der Waals surface area contributed by atoms with Gasteiger partial charge in [-0.2, -0.15) is 0 Å². The number of aryl methyl sites for hydroxylation is 1. The molecule has 1 heterocycles. The van der Waals surface area contributed by atoms with Gasteiger partial charge in [0.25, 0.3) is 0 Å². The Morgan fingerprint density at radius 1 is 1.16 bits per heavy atom. The van der Waals surface area contributed by atoms with Crippen LogP contribution in [0.1, 0.15) is 18.2 Å². The Hall–Kier alpha value is -1.19. The van der Waals surface area contributed by atoms with Crippen molar-refractivity contribution in [3.63, 3.8) is 0 Å². The molecule has 0 unspecified atom stereocenters. The summed E-state index contributed by atoms with van der Waals surface area (Å²) in [6.07, 6.45) is 0. The van der Waals surface area contributed by atoms with E-state index in [0.717, 1.165) is 28.8 Å². The van der Waals surface area contributed by atoms with Crippen LogP contribution in [0.4, 0.5) is 5.82 Å². The number of pyridine rings is 1. The van der Waals surface area contributed by atoms with Gasteiger partial charge in [0.1, 0.15) is 5.82 Å². The highest BCUT2D eigenvalue weighted by Crippen LogP contribution is 2.26. The zero-order valence-electron chi connectivity index (χ0n) is 11.1. The first-order valence-electron chi connectivity index (χ1n) is 6.28. The Bertz CT molecular complexity index is 540. The minimum atomic E-state index is 0.723. The molecular weight excluding hydrogens is 276 g/mol. The monoisotopic (exact) mass is 292 g/mol. The van der Waals surface area contributed by atoms with Gasteiger partial charge in [-0.05, 0) is 38.1 Å². The lowest BCUT2D eigenvalue weighted by atomic mass is 10.2. The average molecular weight is 293 g/mol. The molecule has 0 radical (unpaired) electrons. The van der Waals surface area contributed by atoms with E-state index in [-0.39, 0.29) is 0 Å². The van der Waals surface area contributed by atoms with Crippen LogP contribution < -0.4 is 5.32 Å². The van der Waals surface area contributed by atoms with E-state index in [9.17, 15) is 0 Å². The predicted molar refractivity (Wildman–Crippen MR) is 84.2 cm³/mol. The number of aromatic nitrogens is 1. The Labute approximate surface area is 123 Å². The number of anilines is 1. The van der Waals surface area contributed by atoms with Crippen molar-refractivity contribution in [2.24, 2.45) is 0 Å². The fourth-order valence-corrected chi connectivity index (χ4v) is 2.75. The van der Waals surface area contributed by atoms with Gasteiger partial charge in [0.15, 0.2) is 0 Å². The molecule has 2 aromatic rings. The Morgan fingerprint density at radius 2 is 1.89 bits per heavy atom. The van der Waals surface area contributed by atoms with Gasteiger partial charge in [-0.3, -0.25) is 0 Å².